The number of aromatic nitrogens is 3. The lowest BCUT2D eigenvalue weighted by molar-refractivity contribution is 0.604. The topological polar surface area (TPSA) is 56.9 Å². The summed E-state index contributed by atoms with van der Waals surface area (Å²) in [5.74, 6) is 0.628. The monoisotopic (exact) mass is 167 g/mol. The van der Waals surface area contributed by atoms with Crippen LogP contribution in [0.2, 0.25) is 0 Å². The Morgan fingerprint density at radius 2 is 2.17 bits per heavy atom. The van der Waals surface area contributed by atoms with E-state index in [0.29, 0.717) is 12.4 Å². The lowest BCUT2D eigenvalue weighted by atomic mass is 10.4. The van der Waals surface area contributed by atoms with E-state index >= 15 is 0 Å². The molecule has 1 aromatic rings. The quantitative estimate of drug-likeness (QED) is 0.492. The van der Waals surface area contributed by atoms with Crippen molar-refractivity contribution >= 4 is 0 Å². The SMILES string of the molecule is Cn1c(=O)nc2n(c1=O)CCC2. The van der Waals surface area contributed by atoms with Gasteiger partial charge in [-0.05, 0) is 6.42 Å². The van der Waals surface area contributed by atoms with Gasteiger partial charge in [0, 0.05) is 20.0 Å². The maximum atomic E-state index is 11.4. The van der Waals surface area contributed by atoms with Gasteiger partial charge in [-0.15, -0.1) is 0 Å². The minimum Gasteiger partial charge on any atom is -0.281 e. The Labute approximate surface area is 68.3 Å². The highest BCUT2D eigenvalue weighted by Gasteiger charge is 2.15. The molecule has 0 atom stereocenters. The van der Waals surface area contributed by atoms with E-state index in [1.807, 2.05) is 0 Å². The first-order chi connectivity index (χ1) is 5.70. The molecule has 0 unspecified atom stereocenters. The Balaban J connectivity index is 2.85. The highest BCUT2D eigenvalue weighted by Crippen LogP contribution is 2.05. The van der Waals surface area contributed by atoms with Crippen LogP contribution < -0.4 is 11.4 Å². The molecule has 0 aromatic carbocycles. The summed E-state index contributed by atoms with van der Waals surface area (Å²) in [6.07, 6.45) is 1.65. The first-order valence-corrected chi connectivity index (χ1v) is 3.87. The number of fused-ring (bicyclic) bond motifs is 1. The van der Waals surface area contributed by atoms with Gasteiger partial charge in [0.25, 0.3) is 0 Å². The van der Waals surface area contributed by atoms with Crippen LogP contribution in [-0.4, -0.2) is 14.1 Å². The molecule has 2 rings (SSSR count). The molecule has 1 aliphatic heterocycles. The molecule has 0 N–H and O–H groups in total. The van der Waals surface area contributed by atoms with Crippen LogP contribution in [0, 0.1) is 0 Å². The molecule has 0 saturated heterocycles. The zero-order valence-electron chi connectivity index (χ0n) is 6.78. The molecular weight excluding hydrogens is 158 g/mol. The molecule has 0 saturated carbocycles. The molecule has 5 nitrogen and oxygen atoms in total. The number of hydrogen-bond acceptors (Lipinski definition) is 3. The van der Waals surface area contributed by atoms with Crippen LogP contribution in [-0.2, 0) is 20.0 Å². The highest BCUT2D eigenvalue weighted by atomic mass is 16.2. The third-order valence-electron chi connectivity index (χ3n) is 2.12. The minimum absolute atomic E-state index is 0.248. The smallest absolute Gasteiger partial charge is 0.281 e. The van der Waals surface area contributed by atoms with Crippen LogP contribution in [0.1, 0.15) is 12.2 Å². The second-order valence-corrected chi connectivity index (χ2v) is 2.91. The van der Waals surface area contributed by atoms with Crippen molar-refractivity contribution in [2.75, 3.05) is 0 Å². The number of rotatable bonds is 0. The maximum absolute atomic E-state index is 11.4. The van der Waals surface area contributed by atoms with Crippen molar-refractivity contribution in [1.82, 2.24) is 14.1 Å². The van der Waals surface area contributed by atoms with Crippen LogP contribution in [0.25, 0.3) is 0 Å². The van der Waals surface area contributed by atoms with E-state index in [1.165, 1.54) is 7.05 Å². The summed E-state index contributed by atoms with van der Waals surface area (Å²) < 4.78 is 2.59. The van der Waals surface area contributed by atoms with Gasteiger partial charge in [0.2, 0.25) is 0 Å². The third-order valence-corrected chi connectivity index (χ3v) is 2.12. The van der Waals surface area contributed by atoms with Gasteiger partial charge in [-0.1, -0.05) is 0 Å². The van der Waals surface area contributed by atoms with Gasteiger partial charge in [-0.3, -0.25) is 4.57 Å². The Morgan fingerprint density at radius 3 is 2.92 bits per heavy atom. The summed E-state index contributed by atoms with van der Waals surface area (Å²) in [5.41, 5.74) is -0.698. The summed E-state index contributed by atoms with van der Waals surface area (Å²) >= 11 is 0. The van der Waals surface area contributed by atoms with E-state index < -0.39 is 5.69 Å². The number of nitrogens with zero attached hydrogens (tertiary/aromatic N) is 3. The van der Waals surface area contributed by atoms with Crippen molar-refractivity contribution in [2.24, 2.45) is 7.05 Å². The zero-order valence-corrected chi connectivity index (χ0v) is 6.78. The fourth-order valence-electron chi connectivity index (χ4n) is 1.43. The van der Waals surface area contributed by atoms with Crippen molar-refractivity contribution in [1.29, 1.82) is 0 Å². The van der Waals surface area contributed by atoms with Crippen molar-refractivity contribution in [3.8, 4) is 0 Å². The summed E-state index contributed by atoms with van der Waals surface area (Å²) in [6.45, 7) is 0.690. The van der Waals surface area contributed by atoms with Crippen LogP contribution in [0.4, 0.5) is 0 Å². The molecule has 0 fully saturated rings. The fraction of sp³-hybridized carbons (Fsp3) is 0.571. The third kappa shape index (κ3) is 0.823. The van der Waals surface area contributed by atoms with Gasteiger partial charge < -0.3 is 0 Å². The molecule has 5 heteroatoms. The van der Waals surface area contributed by atoms with Crippen molar-refractivity contribution < 1.29 is 0 Å². The van der Waals surface area contributed by atoms with Gasteiger partial charge >= 0.3 is 11.4 Å². The van der Waals surface area contributed by atoms with E-state index in [9.17, 15) is 9.59 Å². The lowest BCUT2D eigenvalue weighted by Crippen LogP contribution is -2.39. The molecule has 0 bridgehead atoms. The Bertz CT molecular complexity index is 429. The van der Waals surface area contributed by atoms with Gasteiger partial charge in [-0.25, -0.2) is 14.2 Å². The summed E-state index contributed by atoms with van der Waals surface area (Å²) in [4.78, 5) is 26.2. The fourth-order valence-corrected chi connectivity index (χ4v) is 1.43. The molecule has 12 heavy (non-hydrogen) atoms. The predicted octanol–water partition coefficient (Wildman–Crippen LogP) is -1.11. The maximum Gasteiger partial charge on any atom is 0.353 e. The minimum atomic E-state index is -0.451. The molecular formula is C7H9N3O2. The van der Waals surface area contributed by atoms with Gasteiger partial charge in [0.05, 0.1) is 0 Å². The molecule has 64 valence electrons. The average Bonchev–Trinajstić information content (AvgIpc) is 2.48. The van der Waals surface area contributed by atoms with E-state index in [4.69, 9.17) is 0 Å². The zero-order chi connectivity index (χ0) is 8.72. The lowest BCUT2D eigenvalue weighted by Gasteiger charge is -2.01. The van der Waals surface area contributed by atoms with E-state index in [2.05, 4.69) is 4.98 Å². The van der Waals surface area contributed by atoms with E-state index in [1.54, 1.807) is 4.57 Å². The van der Waals surface area contributed by atoms with E-state index in [0.717, 1.165) is 17.4 Å². The van der Waals surface area contributed by atoms with Crippen LogP contribution >= 0.6 is 0 Å². The Hall–Kier alpha value is -1.39. The normalized spacial score (nSPS) is 14.8. The Kier molecular flexibility index (Phi) is 1.39. The van der Waals surface area contributed by atoms with Gasteiger partial charge in [0.15, 0.2) is 0 Å². The van der Waals surface area contributed by atoms with Crippen LogP contribution in [0.3, 0.4) is 0 Å². The second-order valence-electron chi connectivity index (χ2n) is 2.91. The van der Waals surface area contributed by atoms with E-state index in [-0.39, 0.29) is 5.69 Å². The molecule has 0 spiro atoms. The largest absolute Gasteiger partial charge is 0.353 e. The molecule has 0 amide bonds. The predicted molar refractivity (Wildman–Crippen MR) is 42.1 cm³/mol. The first-order valence-electron chi connectivity index (χ1n) is 3.87. The van der Waals surface area contributed by atoms with Crippen LogP contribution in [0.5, 0.6) is 0 Å². The molecule has 2 heterocycles. The number of hydrogen-bond donors (Lipinski definition) is 0. The average molecular weight is 167 g/mol. The molecule has 1 aromatic heterocycles. The van der Waals surface area contributed by atoms with Crippen molar-refractivity contribution in [2.45, 2.75) is 19.4 Å². The number of aryl methyl sites for hydroxylation is 1. The molecule has 0 aliphatic carbocycles. The molecule has 1 aliphatic rings. The summed E-state index contributed by atoms with van der Waals surface area (Å²) in [7, 11) is 1.45. The summed E-state index contributed by atoms with van der Waals surface area (Å²) in [6, 6.07) is 0. The van der Waals surface area contributed by atoms with Crippen LogP contribution in [0.15, 0.2) is 9.59 Å². The van der Waals surface area contributed by atoms with Crippen molar-refractivity contribution in [3.63, 3.8) is 0 Å². The second kappa shape index (κ2) is 2.30. The highest BCUT2D eigenvalue weighted by molar-refractivity contribution is 4.93. The van der Waals surface area contributed by atoms with Gasteiger partial charge in [0.1, 0.15) is 5.82 Å². The molecule has 0 radical (unpaired) electrons. The standard InChI is InChI=1S/C7H9N3O2/c1-9-6(11)8-5-3-2-4-10(5)7(9)12/h2-4H2,1H3. The first kappa shape index (κ1) is 7.27. The van der Waals surface area contributed by atoms with Crippen molar-refractivity contribution in [3.05, 3.63) is 26.8 Å². The summed E-state index contributed by atoms with van der Waals surface area (Å²) in [5, 5.41) is 0. The Morgan fingerprint density at radius 1 is 1.42 bits per heavy atom. The van der Waals surface area contributed by atoms with Gasteiger partial charge in [-0.2, -0.15) is 4.98 Å².